The normalized spacial score (nSPS) is 13.9. The second-order valence-electron chi connectivity index (χ2n) is 4.44. The maximum absolute atomic E-state index is 11.1. The molecule has 88 valence electrons. The molecule has 0 spiro atoms. The molecule has 4 heteroatoms. The van der Waals surface area contributed by atoms with Crippen molar-refractivity contribution >= 4 is 6.09 Å². The van der Waals surface area contributed by atoms with Crippen LogP contribution in [-0.2, 0) is 4.74 Å². The van der Waals surface area contributed by atoms with Crippen LogP contribution in [0.5, 0.6) is 0 Å². The predicted octanol–water partition coefficient (Wildman–Crippen LogP) is 1.84. The Morgan fingerprint density at radius 2 is 2.07 bits per heavy atom. The summed E-state index contributed by atoms with van der Waals surface area (Å²) in [6.07, 6.45) is 3.43. The number of aliphatic hydroxyl groups excluding tert-OH is 1. The van der Waals surface area contributed by atoms with E-state index in [0.29, 0.717) is 13.0 Å². The Bertz CT molecular complexity index is 216. The van der Waals surface area contributed by atoms with Crippen molar-refractivity contribution < 1.29 is 14.6 Å². The molecule has 0 aromatic heterocycles. The van der Waals surface area contributed by atoms with Crippen molar-refractivity contribution in [3.8, 4) is 0 Å². The molecule has 0 aliphatic rings. The third-order valence-corrected chi connectivity index (χ3v) is 1.41. The maximum Gasteiger partial charge on any atom is 0.407 e. The van der Waals surface area contributed by atoms with Crippen LogP contribution in [-0.4, -0.2) is 29.4 Å². The van der Waals surface area contributed by atoms with Crippen molar-refractivity contribution in [2.75, 3.05) is 6.54 Å². The standard InChI is InChI=1S/C11H21NO3/c1-9(13)7-5-6-8-12-10(14)15-11(2,3)4/h5-6,9,13H,7-8H2,1-4H3,(H,12,14)/b6-5-/t9-/m1/s1. The molecule has 0 fully saturated rings. The minimum atomic E-state index is -0.465. The van der Waals surface area contributed by atoms with Crippen molar-refractivity contribution in [3.05, 3.63) is 12.2 Å². The summed E-state index contributed by atoms with van der Waals surface area (Å²) in [5.41, 5.74) is -0.465. The van der Waals surface area contributed by atoms with E-state index in [2.05, 4.69) is 5.32 Å². The van der Waals surface area contributed by atoms with Gasteiger partial charge in [-0.1, -0.05) is 12.2 Å². The minimum Gasteiger partial charge on any atom is -0.444 e. The fourth-order valence-electron chi connectivity index (χ4n) is 0.833. The molecule has 0 heterocycles. The van der Waals surface area contributed by atoms with E-state index >= 15 is 0 Å². The second kappa shape index (κ2) is 6.45. The van der Waals surface area contributed by atoms with Crippen molar-refractivity contribution in [1.82, 2.24) is 5.32 Å². The van der Waals surface area contributed by atoms with Gasteiger partial charge in [-0.3, -0.25) is 0 Å². The van der Waals surface area contributed by atoms with Gasteiger partial charge in [0.15, 0.2) is 0 Å². The first-order valence-electron chi connectivity index (χ1n) is 5.11. The average molecular weight is 215 g/mol. The van der Waals surface area contributed by atoms with E-state index in [1.165, 1.54) is 0 Å². The van der Waals surface area contributed by atoms with Gasteiger partial charge in [0.2, 0.25) is 0 Å². The summed E-state index contributed by atoms with van der Waals surface area (Å²) in [7, 11) is 0. The molecule has 1 amide bonds. The zero-order valence-corrected chi connectivity index (χ0v) is 9.91. The molecule has 0 aliphatic heterocycles. The van der Waals surface area contributed by atoms with Gasteiger partial charge in [-0.25, -0.2) is 4.79 Å². The number of aliphatic hydroxyl groups is 1. The molecule has 0 aromatic rings. The van der Waals surface area contributed by atoms with Crippen LogP contribution in [0.15, 0.2) is 12.2 Å². The van der Waals surface area contributed by atoms with E-state index < -0.39 is 11.7 Å². The number of alkyl carbamates (subject to hydrolysis) is 1. The monoisotopic (exact) mass is 215 g/mol. The molecule has 0 rings (SSSR count). The summed E-state index contributed by atoms with van der Waals surface area (Å²) in [5, 5.41) is 11.5. The van der Waals surface area contributed by atoms with Gasteiger partial charge < -0.3 is 15.2 Å². The molecule has 0 bridgehead atoms. The van der Waals surface area contributed by atoms with E-state index in [9.17, 15) is 4.79 Å². The highest BCUT2D eigenvalue weighted by atomic mass is 16.6. The summed E-state index contributed by atoms with van der Waals surface area (Å²) in [6.45, 7) is 7.58. The van der Waals surface area contributed by atoms with Crippen LogP contribution < -0.4 is 5.32 Å². The zero-order valence-electron chi connectivity index (χ0n) is 9.91. The number of amides is 1. The van der Waals surface area contributed by atoms with Gasteiger partial charge in [0.05, 0.1) is 6.10 Å². The van der Waals surface area contributed by atoms with E-state index in [0.717, 1.165) is 0 Å². The number of carbonyl (C=O) groups is 1. The Morgan fingerprint density at radius 3 is 2.53 bits per heavy atom. The SMILES string of the molecule is C[C@@H](O)C/C=C\CNC(=O)OC(C)(C)C. The Kier molecular flexibility index (Phi) is 6.01. The lowest BCUT2D eigenvalue weighted by Gasteiger charge is -2.19. The Labute approximate surface area is 91.3 Å². The molecular weight excluding hydrogens is 194 g/mol. The molecule has 0 aromatic carbocycles. The van der Waals surface area contributed by atoms with Crippen molar-refractivity contribution in [1.29, 1.82) is 0 Å². The fourth-order valence-corrected chi connectivity index (χ4v) is 0.833. The van der Waals surface area contributed by atoms with Gasteiger partial charge in [-0.2, -0.15) is 0 Å². The van der Waals surface area contributed by atoms with Crippen molar-refractivity contribution in [2.24, 2.45) is 0 Å². The quantitative estimate of drug-likeness (QED) is 0.703. The highest BCUT2D eigenvalue weighted by Gasteiger charge is 2.14. The maximum atomic E-state index is 11.1. The summed E-state index contributed by atoms with van der Waals surface area (Å²) in [5.74, 6) is 0. The number of nitrogens with one attached hydrogen (secondary N) is 1. The van der Waals surface area contributed by atoms with Crippen molar-refractivity contribution in [2.45, 2.75) is 45.8 Å². The third kappa shape index (κ3) is 10.9. The Morgan fingerprint density at radius 1 is 1.47 bits per heavy atom. The predicted molar refractivity (Wildman–Crippen MR) is 59.7 cm³/mol. The highest BCUT2D eigenvalue weighted by Crippen LogP contribution is 2.06. The number of ether oxygens (including phenoxy) is 1. The van der Waals surface area contributed by atoms with Crippen LogP contribution >= 0.6 is 0 Å². The van der Waals surface area contributed by atoms with Gasteiger partial charge in [0, 0.05) is 6.54 Å². The molecule has 2 N–H and O–H groups in total. The van der Waals surface area contributed by atoms with Crippen LogP contribution in [0, 0.1) is 0 Å². The van der Waals surface area contributed by atoms with Crippen LogP contribution in [0.3, 0.4) is 0 Å². The van der Waals surface area contributed by atoms with E-state index in [4.69, 9.17) is 9.84 Å². The average Bonchev–Trinajstić information content (AvgIpc) is 1.99. The van der Waals surface area contributed by atoms with E-state index in [1.807, 2.05) is 26.8 Å². The van der Waals surface area contributed by atoms with Gasteiger partial charge in [-0.15, -0.1) is 0 Å². The van der Waals surface area contributed by atoms with Crippen molar-refractivity contribution in [3.63, 3.8) is 0 Å². The highest BCUT2D eigenvalue weighted by molar-refractivity contribution is 5.67. The van der Waals surface area contributed by atoms with Gasteiger partial charge in [0.25, 0.3) is 0 Å². The summed E-state index contributed by atoms with van der Waals surface area (Å²) in [6, 6.07) is 0. The van der Waals surface area contributed by atoms with Crippen LogP contribution in [0.1, 0.15) is 34.1 Å². The number of hydrogen-bond acceptors (Lipinski definition) is 3. The lowest BCUT2D eigenvalue weighted by Crippen LogP contribution is -2.32. The lowest BCUT2D eigenvalue weighted by atomic mass is 10.2. The topological polar surface area (TPSA) is 58.6 Å². The van der Waals surface area contributed by atoms with Gasteiger partial charge in [-0.05, 0) is 34.1 Å². The summed E-state index contributed by atoms with van der Waals surface area (Å²) >= 11 is 0. The molecule has 15 heavy (non-hydrogen) atoms. The zero-order chi connectivity index (χ0) is 11.9. The molecule has 0 saturated carbocycles. The van der Waals surface area contributed by atoms with Gasteiger partial charge in [0.1, 0.15) is 5.60 Å². The second-order valence-corrected chi connectivity index (χ2v) is 4.44. The first kappa shape index (κ1) is 14.0. The van der Waals surface area contributed by atoms with E-state index in [1.54, 1.807) is 13.0 Å². The lowest BCUT2D eigenvalue weighted by molar-refractivity contribution is 0.0534. The van der Waals surface area contributed by atoms with Crippen LogP contribution in [0.2, 0.25) is 0 Å². The van der Waals surface area contributed by atoms with E-state index in [-0.39, 0.29) is 6.10 Å². The smallest absolute Gasteiger partial charge is 0.407 e. The molecule has 1 atom stereocenters. The third-order valence-electron chi connectivity index (χ3n) is 1.41. The Balaban J connectivity index is 3.60. The molecule has 0 unspecified atom stereocenters. The first-order valence-corrected chi connectivity index (χ1v) is 5.11. The minimum absolute atomic E-state index is 0.345. The number of carbonyl (C=O) groups excluding carboxylic acids is 1. The number of rotatable bonds is 4. The molecule has 0 saturated heterocycles. The fraction of sp³-hybridized carbons (Fsp3) is 0.727. The largest absolute Gasteiger partial charge is 0.444 e. The van der Waals surface area contributed by atoms with Crippen LogP contribution in [0.4, 0.5) is 4.79 Å². The first-order chi connectivity index (χ1) is 6.81. The molecular formula is C11H21NO3. The Hall–Kier alpha value is -1.03. The summed E-state index contributed by atoms with van der Waals surface area (Å²) in [4.78, 5) is 11.1. The molecule has 0 aliphatic carbocycles. The van der Waals surface area contributed by atoms with Gasteiger partial charge >= 0.3 is 6.09 Å². The summed E-state index contributed by atoms with van der Waals surface area (Å²) < 4.78 is 5.03. The number of hydrogen-bond donors (Lipinski definition) is 2. The molecule has 4 nitrogen and oxygen atoms in total. The van der Waals surface area contributed by atoms with Crippen LogP contribution in [0.25, 0.3) is 0 Å². The molecule has 0 radical (unpaired) electrons.